The first kappa shape index (κ1) is 14.2. The SMILES string of the molecule is Cc1ccc(Oc2ccc(OCCn3cccn3)cc2)cc1. The fourth-order valence-electron chi connectivity index (χ4n) is 2.04. The summed E-state index contributed by atoms with van der Waals surface area (Å²) in [5.41, 5.74) is 1.22. The summed E-state index contributed by atoms with van der Waals surface area (Å²) in [4.78, 5) is 0. The highest BCUT2D eigenvalue weighted by Gasteiger charge is 1.99. The Morgan fingerprint density at radius 2 is 1.55 bits per heavy atom. The Kier molecular flexibility index (Phi) is 4.39. The summed E-state index contributed by atoms with van der Waals surface area (Å²) in [5, 5.41) is 4.13. The van der Waals surface area contributed by atoms with Crippen LogP contribution in [0.1, 0.15) is 5.56 Å². The number of ether oxygens (including phenoxy) is 2. The Morgan fingerprint density at radius 3 is 2.18 bits per heavy atom. The van der Waals surface area contributed by atoms with Crippen molar-refractivity contribution in [1.29, 1.82) is 0 Å². The summed E-state index contributed by atoms with van der Waals surface area (Å²) in [6.07, 6.45) is 3.68. The summed E-state index contributed by atoms with van der Waals surface area (Å²) >= 11 is 0. The first-order valence-electron chi connectivity index (χ1n) is 7.24. The van der Waals surface area contributed by atoms with Gasteiger partial charge in [0.15, 0.2) is 0 Å². The highest BCUT2D eigenvalue weighted by atomic mass is 16.5. The quantitative estimate of drug-likeness (QED) is 0.688. The molecular weight excluding hydrogens is 276 g/mol. The fraction of sp³-hybridized carbons (Fsp3) is 0.167. The molecular formula is C18H18N2O2. The van der Waals surface area contributed by atoms with Crippen LogP contribution in [0.2, 0.25) is 0 Å². The lowest BCUT2D eigenvalue weighted by Gasteiger charge is -2.09. The maximum absolute atomic E-state index is 5.78. The van der Waals surface area contributed by atoms with Crippen LogP contribution in [-0.2, 0) is 6.54 Å². The zero-order chi connectivity index (χ0) is 15.2. The van der Waals surface area contributed by atoms with Gasteiger partial charge in [-0.1, -0.05) is 17.7 Å². The molecule has 1 heterocycles. The molecule has 0 atom stereocenters. The summed E-state index contributed by atoms with van der Waals surface area (Å²) in [6.45, 7) is 3.37. The molecule has 0 aliphatic heterocycles. The molecule has 0 bridgehead atoms. The first-order chi connectivity index (χ1) is 10.8. The van der Waals surface area contributed by atoms with Crippen LogP contribution < -0.4 is 9.47 Å². The van der Waals surface area contributed by atoms with Crippen molar-refractivity contribution in [3.63, 3.8) is 0 Å². The first-order valence-corrected chi connectivity index (χ1v) is 7.24. The van der Waals surface area contributed by atoms with Crippen molar-refractivity contribution >= 4 is 0 Å². The summed E-state index contributed by atoms with van der Waals surface area (Å²) in [5.74, 6) is 2.45. The molecule has 112 valence electrons. The van der Waals surface area contributed by atoms with E-state index in [0.717, 1.165) is 23.8 Å². The van der Waals surface area contributed by atoms with Gasteiger partial charge in [-0.05, 0) is 49.4 Å². The Bertz CT molecular complexity index is 689. The van der Waals surface area contributed by atoms with Crippen molar-refractivity contribution < 1.29 is 9.47 Å². The van der Waals surface area contributed by atoms with E-state index in [2.05, 4.69) is 12.0 Å². The van der Waals surface area contributed by atoms with Gasteiger partial charge in [0.2, 0.25) is 0 Å². The third-order valence-corrected chi connectivity index (χ3v) is 3.23. The monoisotopic (exact) mass is 294 g/mol. The fourth-order valence-corrected chi connectivity index (χ4v) is 2.04. The average molecular weight is 294 g/mol. The van der Waals surface area contributed by atoms with Gasteiger partial charge in [-0.25, -0.2) is 0 Å². The van der Waals surface area contributed by atoms with Gasteiger partial charge < -0.3 is 9.47 Å². The van der Waals surface area contributed by atoms with E-state index in [1.54, 1.807) is 6.20 Å². The molecule has 3 rings (SSSR count). The Labute approximate surface area is 129 Å². The number of aryl methyl sites for hydroxylation is 1. The van der Waals surface area contributed by atoms with Gasteiger partial charge in [0.1, 0.15) is 23.9 Å². The predicted molar refractivity (Wildman–Crippen MR) is 85.4 cm³/mol. The van der Waals surface area contributed by atoms with Gasteiger partial charge >= 0.3 is 0 Å². The number of benzene rings is 2. The third-order valence-electron chi connectivity index (χ3n) is 3.23. The van der Waals surface area contributed by atoms with Crippen LogP contribution in [0.25, 0.3) is 0 Å². The second-order valence-corrected chi connectivity index (χ2v) is 5.00. The van der Waals surface area contributed by atoms with Gasteiger partial charge in [0.05, 0.1) is 6.54 Å². The van der Waals surface area contributed by atoms with Gasteiger partial charge in [-0.15, -0.1) is 0 Å². The van der Waals surface area contributed by atoms with Crippen LogP contribution >= 0.6 is 0 Å². The van der Waals surface area contributed by atoms with Gasteiger partial charge in [-0.3, -0.25) is 4.68 Å². The van der Waals surface area contributed by atoms with Crippen LogP contribution in [0.5, 0.6) is 17.2 Å². The van der Waals surface area contributed by atoms with Crippen molar-refractivity contribution in [2.24, 2.45) is 0 Å². The predicted octanol–water partition coefficient (Wildman–Crippen LogP) is 4.06. The summed E-state index contributed by atoms with van der Waals surface area (Å²) in [6, 6.07) is 17.5. The van der Waals surface area contributed by atoms with Crippen molar-refractivity contribution in [2.75, 3.05) is 6.61 Å². The van der Waals surface area contributed by atoms with E-state index in [1.807, 2.05) is 65.5 Å². The molecule has 0 aliphatic rings. The second-order valence-electron chi connectivity index (χ2n) is 5.00. The lowest BCUT2D eigenvalue weighted by atomic mass is 10.2. The molecule has 1 aromatic heterocycles. The Morgan fingerprint density at radius 1 is 0.909 bits per heavy atom. The second kappa shape index (κ2) is 6.80. The smallest absolute Gasteiger partial charge is 0.127 e. The van der Waals surface area contributed by atoms with Crippen molar-refractivity contribution in [3.05, 3.63) is 72.6 Å². The van der Waals surface area contributed by atoms with E-state index >= 15 is 0 Å². The van der Waals surface area contributed by atoms with Crippen LogP contribution in [0, 0.1) is 6.92 Å². The molecule has 0 N–H and O–H groups in total. The third kappa shape index (κ3) is 3.88. The van der Waals surface area contributed by atoms with E-state index in [9.17, 15) is 0 Å². The maximum atomic E-state index is 5.78. The zero-order valence-electron chi connectivity index (χ0n) is 12.5. The number of hydrogen-bond acceptors (Lipinski definition) is 3. The molecule has 4 nitrogen and oxygen atoms in total. The Balaban J connectivity index is 1.52. The van der Waals surface area contributed by atoms with E-state index < -0.39 is 0 Å². The largest absolute Gasteiger partial charge is 0.492 e. The maximum Gasteiger partial charge on any atom is 0.127 e. The lowest BCUT2D eigenvalue weighted by molar-refractivity contribution is 0.291. The van der Waals surface area contributed by atoms with E-state index in [1.165, 1.54) is 5.56 Å². The average Bonchev–Trinajstić information content (AvgIpc) is 3.05. The lowest BCUT2D eigenvalue weighted by Crippen LogP contribution is -2.08. The molecule has 0 radical (unpaired) electrons. The standard InChI is InChI=1S/C18H18N2O2/c1-15-3-5-17(6-4-15)22-18-9-7-16(8-10-18)21-14-13-20-12-2-11-19-20/h2-12H,13-14H2,1H3. The molecule has 0 spiro atoms. The number of hydrogen-bond donors (Lipinski definition) is 0. The molecule has 0 fully saturated rings. The molecule has 0 amide bonds. The summed E-state index contributed by atoms with van der Waals surface area (Å²) < 4.78 is 13.3. The molecule has 0 saturated carbocycles. The topological polar surface area (TPSA) is 36.3 Å². The van der Waals surface area contributed by atoms with Crippen molar-refractivity contribution in [1.82, 2.24) is 9.78 Å². The minimum absolute atomic E-state index is 0.583. The minimum Gasteiger partial charge on any atom is -0.492 e. The van der Waals surface area contributed by atoms with Gasteiger partial charge in [0, 0.05) is 12.4 Å². The van der Waals surface area contributed by atoms with E-state index in [4.69, 9.17) is 9.47 Å². The van der Waals surface area contributed by atoms with Crippen molar-refractivity contribution in [2.45, 2.75) is 13.5 Å². The van der Waals surface area contributed by atoms with Gasteiger partial charge in [0.25, 0.3) is 0 Å². The summed E-state index contributed by atoms with van der Waals surface area (Å²) in [7, 11) is 0. The molecule has 2 aromatic carbocycles. The number of rotatable bonds is 6. The van der Waals surface area contributed by atoms with E-state index in [-0.39, 0.29) is 0 Å². The molecule has 3 aromatic rings. The van der Waals surface area contributed by atoms with Gasteiger partial charge in [-0.2, -0.15) is 5.10 Å². The zero-order valence-corrected chi connectivity index (χ0v) is 12.5. The highest BCUT2D eigenvalue weighted by molar-refractivity contribution is 5.36. The molecule has 4 heteroatoms. The molecule has 0 aliphatic carbocycles. The molecule has 22 heavy (non-hydrogen) atoms. The minimum atomic E-state index is 0.583. The molecule has 0 unspecified atom stereocenters. The number of nitrogens with zero attached hydrogens (tertiary/aromatic N) is 2. The van der Waals surface area contributed by atoms with Crippen LogP contribution in [0.3, 0.4) is 0 Å². The van der Waals surface area contributed by atoms with Crippen molar-refractivity contribution in [3.8, 4) is 17.2 Å². The Hall–Kier alpha value is -2.75. The highest BCUT2D eigenvalue weighted by Crippen LogP contribution is 2.24. The van der Waals surface area contributed by atoms with Crippen LogP contribution in [0.15, 0.2) is 67.0 Å². The normalized spacial score (nSPS) is 10.4. The van der Waals surface area contributed by atoms with Crippen LogP contribution in [-0.4, -0.2) is 16.4 Å². The van der Waals surface area contributed by atoms with E-state index in [0.29, 0.717) is 6.61 Å². The van der Waals surface area contributed by atoms with Crippen LogP contribution in [0.4, 0.5) is 0 Å². The molecule has 0 saturated heterocycles. The number of aromatic nitrogens is 2.